The van der Waals surface area contributed by atoms with Crippen molar-refractivity contribution in [3.63, 3.8) is 0 Å². The van der Waals surface area contributed by atoms with E-state index in [-0.39, 0.29) is 6.10 Å². The van der Waals surface area contributed by atoms with E-state index < -0.39 is 12.1 Å². The highest BCUT2D eigenvalue weighted by Gasteiger charge is 2.41. The monoisotopic (exact) mass is 241 g/mol. The summed E-state index contributed by atoms with van der Waals surface area (Å²) in [4.78, 5) is 10.7. The Labute approximate surface area is 103 Å². The number of aliphatic carboxylic acids is 1. The van der Waals surface area contributed by atoms with Crippen molar-refractivity contribution in [3.05, 3.63) is 0 Å². The van der Waals surface area contributed by atoms with Crippen LogP contribution in [0.4, 0.5) is 0 Å². The Morgan fingerprint density at radius 2 is 2.24 bits per heavy atom. The predicted molar refractivity (Wildman–Crippen MR) is 65.0 cm³/mol. The second-order valence-corrected chi connectivity index (χ2v) is 5.54. The number of carboxylic acids is 1. The summed E-state index contributed by atoms with van der Waals surface area (Å²) in [5.74, 6) is -0.822. The van der Waals surface area contributed by atoms with Gasteiger partial charge < -0.3 is 15.2 Å². The van der Waals surface area contributed by atoms with Gasteiger partial charge in [0.1, 0.15) is 0 Å². The number of hydrogen-bond acceptors (Lipinski definition) is 3. The highest BCUT2D eigenvalue weighted by molar-refractivity contribution is 5.72. The second-order valence-electron chi connectivity index (χ2n) is 5.54. The molecule has 2 unspecified atom stereocenters. The molecule has 1 saturated carbocycles. The maximum atomic E-state index is 10.7. The normalized spacial score (nSPS) is 30.4. The van der Waals surface area contributed by atoms with Crippen molar-refractivity contribution in [1.82, 2.24) is 5.32 Å². The first kappa shape index (κ1) is 12.8. The molecule has 1 aliphatic heterocycles. The van der Waals surface area contributed by atoms with Gasteiger partial charge in [-0.2, -0.15) is 0 Å². The number of rotatable bonds is 7. The smallest absolute Gasteiger partial charge is 0.332 e. The molecule has 0 radical (unpaired) electrons. The van der Waals surface area contributed by atoms with Gasteiger partial charge in [-0.1, -0.05) is 13.3 Å². The van der Waals surface area contributed by atoms with Crippen molar-refractivity contribution in [3.8, 4) is 0 Å². The first-order valence-corrected chi connectivity index (χ1v) is 6.74. The van der Waals surface area contributed by atoms with Gasteiger partial charge in [0.25, 0.3) is 0 Å². The third kappa shape index (κ3) is 3.42. The SMILES string of the molecule is CCCC1(CNCC2CCC(C(=O)O)O2)CC1. The van der Waals surface area contributed by atoms with Crippen LogP contribution >= 0.6 is 0 Å². The van der Waals surface area contributed by atoms with E-state index in [2.05, 4.69) is 12.2 Å². The first-order valence-electron chi connectivity index (χ1n) is 6.74. The molecule has 0 aromatic heterocycles. The van der Waals surface area contributed by atoms with Crippen molar-refractivity contribution in [2.45, 2.75) is 57.7 Å². The van der Waals surface area contributed by atoms with E-state index in [1.54, 1.807) is 0 Å². The molecule has 2 N–H and O–H groups in total. The number of nitrogens with one attached hydrogen (secondary N) is 1. The average Bonchev–Trinajstić information content (AvgIpc) is 2.88. The third-order valence-electron chi connectivity index (χ3n) is 3.99. The Balaban J connectivity index is 1.62. The van der Waals surface area contributed by atoms with Crippen molar-refractivity contribution in [1.29, 1.82) is 0 Å². The molecule has 4 nitrogen and oxygen atoms in total. The molecule has 0 bridgehead atoms. The lowest BCUT2D eigenvalue weighted by Gasteiger charge is -2.17. The lowest BCUT2D eigenvalue weighted by Crippen LogP contribution is -2.32. The Bertz CT molecular complexity index is 276. The summed E-state index contributed by atoms with van der Waals surface area (Å²) >= 11 is 0. The van der Waals surface area contributed by atoms with Crippen LogP contribution < -0.4 is 5.32 Å². The molecule has 1 aliphatic carbocycles. The topological polar surface area (TPSA) is 58.6 Å². The Kier molecular flexibility index (Phi) is 4.05. The van der Waals surface area contributed by atoms with E-state index in [9.17, 15) is 4.79 Å². The number of carbonyl (C=O) groups is 1. The fourth-order valence-corrected chi connectivity index (χ4v) is 2.76. The van der Waals surface area contributed by atoms with Crippen molar-refractivity contribution in [2.75, 3.05) is 13.1 Å². The van der Waals surface area contributed by atoms with Crippen LogP contribution in [0.1, 0.15) is 45.4 Å². The molecule has 0 amide bonds. The fourth-order valence-electron chi connectivity index (χ4n) is 2.76. The Hall–Kier alpha value is -0.610. The van der Waals surface area contributed by atoms with Gasteiger partial charge in [0.15, 0.2) is 6.10 Å². The molecule has 98 valence electrons. The summed E-state index contributed by atoms with van der Waals surface area (Å²) in [6, 6.07) is 0. The van der Waals surface area contributed by atoms with Gasteiger partial charge in [0.05, 0.1) is 6.10 Å². The Morgan fingerprint density at radius 1 is 1.47 bits per heavy atom. The number of hydrogen-bond donors (Lipinski definition) is 2. The van der Waals surface area contributed by atoms with Crippen LogP contribution in [0.25, 0.3) is 0 Å². The summed E-state index contributed by atoms with van der Waals surface area (Å²) < 4.78 is 5.46. The largest absolute Gasteiger partial charge is 0.479 e. The van der Waals surface area contributed by atoms with Gasteiger partial charge in [0, 0.05) is 13.1 Å². The van der Waals surface area contributed by atoms with Crippen LogP contribution in [0.3, 0.4) is 0 Å². The maximum absolute atomic E-state index is 10.7. The van der Waals surface area contributed by atoms with E-state index in [0.29, 0.717) is 11.8 Å². The zero-order valence-corrected chi connectivity index (χ0v) is 10.6. The third-order valence-corrected chi connectivity index (χ3v) is 3.99. The van der Waals surface area contributed by atoms with Gasteiger partial charge >= 0.3 is 5.97 Å². The van der Waals surface area contributed by atoms with Gasteiger partial charge in [-0.3, -0.25) is 0 Å². The average molecular weight is 241 g/mol. The predicted octanol–water partition coefficient (Wildman–Crippen LogP) is 1.79. The van der Waals surface area contributed by atoms with Crippen molar-refractivity contribution in [2.24, 2.45) is 5.41 Å². The molecular formula is C13H23NO3. The maximum Gasteiger partial charge on any atom is 0.332 e. The summed E-state index contributed by atoms with van der Waals surface area (Å²) in [5.41, 5.74) is 0.555. The zero-order chi connectivity index (χ0) is 12.3. The van der Waals surface area contributed by atoms with E-state index in [1.165, 1.54) is 25.7 Å². The highest BCUT2D eigenvalue weighted by atomic mass is 16.5. The molecule has 0 aromatic rings. The van der Waals surface area contributed by atoms with Gasteiger partial charge in [-0.15, -0.1) is 0 Å². The minimum Gasteiger partial charge on any atom is -0.479 e. The standard InChI is InChI=1S/C13H23NO3/c1-2-5-13(6-7-13)9-14-8-10-3-4-11(17-10)12(15)16/h10-11,14H,2-9H2,1H3,(H,15,16). The molecule has 0 spiro atoms. The van der Waals surface area contributed by atoms with Crippen molar-refractivity contribution < 1.29 is 14.6 Å². The molecule has 2 atom stereocenters. The van der Waals surface area contributed by atoms with E-state index >= 15 is 0 Å². The van der Waals surface area contributed by atoms with Crippen molar-refractivity contribution >= 4 is 5.97 Å². The van der Waals surface area contributed by atoms with Gasteiger partial charge in [-0.05, 0) is 37.5 Å². The summed E-state index contributed by atoms with van der Waals surface area (Å²) in [6.07, 6.45) is 6.29. The van der Waals surface area contributed by atoms with E-state index in [1.807, 2.05) is 0 Å². The van der Waals surface area contributed by atoms with E-state index in [4.69, 9.17) is 9.84 Å². The Morgan fingerprint density at radius 3 is 2.76 bits per heavy atom. The van der Waals surface area contributed by atoms with Crippen LogP contribution in [0, 0.1) is 5.41 Å². The number of carboxylic acid groups (broad SMARTS) is 1. The molecule has 2 rings (SSSR count). The molecule has 2 fully saturated rings. The molecular weight excluding hydrogens is 218 g/mol. The van der Waals surface area contributed by atoms with Gasteiger partial charge in [-0.25, -0.2) is 4.79 Å². The number of ether oxygens (including phenoxy) is 1. The van der Waals surface area contributed by atoms with Crippen LogP contribution in [0.5, 0.6) is 0 Å². The van der Waals surface area contributed by atoms with Crippen LogP contribution in [0.15, 0.2) is 0 Å². The highest BCUT2D eigenvalue weighted by Crippen LogP contribution is 2.48. The minimum absolute atomic E-state index is 0.0912. The minimum atomic E-state index is -0.822. The molecule has 0 aromatic carbocycles. The van der Waals surface area contributed by atoms with E-state index in [0.717, 1.165) is 19.5 Å². The lowest BCUT2D eigenvalue weighted by atomic mass is 10.0. The second kappa shape index (κ2) is 5.36. The van der Waals surface area contributed by atoms with Gasteiger partial charge in [0.2, 0.25) is 0 Å². The zero-order valence-electron chi connectivity index (χ0n) is 10.6. The molecule has 4 heteroatoms. The fraction of sp³-hybridized carbons (Fsp3) is 0.923. The van der Waals surface area contributed by atoms with Crippen LogP contribution in [-0.2, 0) is 9.53 Å². The molecule has 1 heterocycles. The van der Waals surface area contributed by atoms with Crippen LogP contribution in [0.2, 0.25) is 0 Å². The van der Waals surface area contributed by atoms with Crippen LogP contribution in [-0.4, -0.2) is 36.4 Å². The summed E-state index contributed by atoms with van der Waals surface area (Å²) in [5, 5.41) is 12.3. The quantitative estimate of drug-likeness (QED) is 0.713. The lowest BCUT2D eigenvalue weighted by molar-refractivity contribution is -0.149. The first-order chi connectivity index (χ1) is 8.15. The summed E-state index contributed by atoms with van der Waals surface area (Å²) in [6.45, 7) is 4.10. The molecule has 17 heavy (non-hydrogen) atoms. The summed E-state index contributed by atoms with van der Waals surface area (Å²) in [7, 11) is 0. The molecule has 2 aliphatic rings. The molecule has 1 saturated heterocycles.